The van der Waals surface area contributed by atoms with Crippen molar-refractivity contribution in [2.45, 2.75) is 30.4 Å². The predicted octanol–water partition coefficient (Wildman–Crippen LogP) is 4.06. The minimum absolute atomic E-state index is 0.0655. The van der Waals surface area contributed by atoms with E-state index in [4.69, 9.17) is 9.15 Å². The number of halogens is 1. The lowest BCUT2D eigenvalue weighted by Crippen LogP contribution is -2.07. The van der Waals surface area contributed by atoms with Gasteiger partial charge in [0.1, 0.15) is 18.2 Å². The first-order valence-electron chi connectivity index (χ1n) is 9.57. The van der Waals surface area contributed by atoms with E-state index in [9.17, 15) is 12.8 Å². The van der Waals surface area contributed by atoms with Gasteiger partial charge < -0.3 is 9.15 Å². The molecule has 2 heterocycles. The Morgan fingerprint density at radius 1 is 1.07 bits per heavy atom. The Hall–Kier alpha value is -2.39. The van der Waals surface area contributed by atoms with Crippen LogP contribution in [0.3, 0.4) is 0 Å². The first kappa shape index (κ1) is 20.9. The maximum absolute atomic E-state index is 12.9. The summed E-state index contributed by atoms with van der Waals surface area (Å²) in [5.74, 6) is 2.14. The van der Waals surface area contributed by atoms with Crippen molar-refractivity contribution in [3.63, 3.8) is 0 Å². The van der Waals surface area contributed by atoms with Gasteiger partial charge in [-0.25, -0.2) is 12.8 Å². The molecule has 0 saturated carbocycles. The number of benzene rings is 2. The third-order valence-electron chi connectivity index (χ3n) is 4.84. The van der Waals surface area contributed by atoms with Crippen molar-refractivity contribution < 1.29 is 22.0 Å². The molecular formula is C21H21FN2O4S2. The number of hydrogen-bond acceptors (Lipinski definition) is 7. The number of hydrogen-bond donors (Lipinski definition) is 0. The average molecular weight is 449 g/mol. The molecule has 4 rings (SSSR count). The fourth-order valence-electron chi connectivity index (χ4n) is 3.23. The summed E-state index contributed by atoms with van der Waals surface area (Å²) < 4.78 is 47.4. The number of ether oxygens (including phenoxy) is 1. The molecule has 0 aliphatic carbocycles. The van der Waals surface area contributed by atoms with Crippen molar-refractivity contribution in [1.82, 2.24) is 10.2 Å². The summed E-state index contributed by atoms with van der Waals surface area (Å²) in [4.78, 5) is 0. The molecule has 1 atom stereocenters. The van der Waals surface area contributed by atoms with Crippen molar-refractivity contribution in [1.29, 1.82) is 0 Å². The highest BCUT2D eigenvalue weighted by Gasteiger charge is 2.29. The molecule has 1 fully saturated rings. The molecule has 9 heteroatoms. The van der Waals surface area contributed by atoms with E-state index in [0.717, 1.165) is 16.9 Å². The molecule has 1 unspecified atom stereocenters. The van der Waals surface area contributed by atoms with E-state index < -0.39 is 9.84 Å². The molecule has 2 aromatic carbocycles. The summed E-state index contributed by atoms with van der Waals surface area (Å²) in [7, 11) is -2.90. The largest absolute Gasteiger partial charge is 0.489 e. The highest BCUT2D eigenvalue weighted by atomic mass is 32.2. The monoisotopic (exact) mass is 448 g/mol. The molecule has 158 valence electrons. The number of nitrogens with zero attached hydrogens (tertiary/aromatic N) is 2. The topological polar surface area (TPSA) is 82.3 Å². The lowest BCUT2D eigenvalue weighted by molar-refractivity contribution is 0.306. The minimum Gasteiger partial charge on any atom is -0.489 e. The van der Waals surface area contributed by atoms with Gasteiger partial charge in [0.15, 0.2) is 9.84 Å². The summed E-state index contributed by atoms with van der Waals surface area (Å²) in [5, 5.41) is 8.55. The minimum atomic E-state index is -2.90. The van der Waals surface area contributed by atoms with E-state index in [2.05, 4.69) is 10.2 Å². The first-order valence-corrected chi connectivity index (χ1v) is 12.4. The zero-order chi connectivity index (χ0) is 21.0. The first-order chi connectivity index (χ1) is 14.4. The molecule has 1 aliphatic rings. The van der Waals surface area contributed by atoms with Gasteiger partial charge in [0.05, 0.1) is 11.5 Å². The Bertz CT molecular complexity index is 1080. The summed E-state index contributed by atoms with van der Waals surface area (Å²) in [5.41, 5.74) is 1.98. The fourth-order valence-corrected chi connectivity index (χ4v) is 5.83. The van der Waals surface area contributed by atoms with Gasteiger partial charge >= 0.3 is 0 Å². The molecule has 0 N–H and O–H groups in total. The van der Waals surface area contributed by atoms with Crippen molar-refractivity contribution in [3.05, 3.63) is 71.4 Å². The molecule has 0 spiro atoms. The van der Waals surface area contributed by atoms with Crippen LogP contribution >= 0.6 is 11.8 Å². The third-order valence-corrected chi connectivity index (χ3v) is 7.57. The van der Waals surface area contributed by atoms with Crippen LogP contribution in [0.5, 0.6) is 5.75 Å². The van der Waals surface area contributed by atoms with Crippen LogP contribution in [-0.4, -0.2) is 30.1 Å². The lowest BCUT2D eigenvalue weighted by atomic mass is 10.1. The van der Waals surface area contributed by atoms with Crippen molar-refractivity contribution in [2.75, 3.05) is 11.5 Å². The van der Waals surface area contributed by atoms with Gasteiger partial charge in [-0.1, -0.05) is 36.0 Å². The zero-order valence-corrected chi connectivity index (χ0v) is 17.8. The van der Waals surface area contributed by atoms with Crippen LogP contribution in [0.1, 0.15) is 23.4 Å². The van der Waals surface area contributed by atoms with Gasteiger partial charge in [-0.05, 0) is 47.7 Å². The van der Waals surface area contributed by atoms with Crippen LogP contribution in [0.2, 0.25) is 0 Å². The van der Waals surface area contributed by atoms with Crippen LogP contribution < -0.4 is 4.74 Å². The maximum atomic E-state index is 12.9. The zero-order valence-electron chi connectivity index (χ0n) is 16.2. The summed E-state index contributed by atoms with van der Waals surface area (Å²) in [6.07, 6.45) is 1.16. The van der Waals surface area contributed by atoms with Crippen LogP contribution in [-0.2, 0) is 28.6 Å². The van der Waals surface area contributed by atoms with Crippen LogP contribution in [0.4, 0.5) is 4.39 Å². The molecular weight excluding hydrogens is 427 g/mol. The molecule has 6 nitrogen and oxygen atoms in total. The number of sulfone groups is 1. The van der Waals surface area contributed by atoms with Crippen molar-refractivity contribution >= 4 is 21.6 Å². The molecule has 1 aliphatic heterocycles. The maximum Gasteiger partial charge on any atom is 0.276 e. The normalized spacial score (nSPS) is 17.8. The highest BCUT2D eigenvalue weighted by molar-refractivity contribution is 7.98. The van der Waals surface area contributed by atoms with Gasteiger partial charge in [0.25, 0.3) is 5.22 Å². The second kappa shape index (κ2) is 9.18. The van der Waals surface area contributed by atoms with E-state index in [1.807, 2.05) is 24.3 Å². The summed E-state index contributed by atoms with van der Waals surface area (Å²) in [6, 6.07) is 13.9. The fraction of sp³-hybridized carbons (Fsp3) is 0.333. The molecule has 0 amide bonds. The Balaban J connectivity index is 1.24. The second-order valence-electron chi connectivity index (χ2n) is 7.28. The Morgan fingerprint density at radius 3 is 2.50 bits per heavy atom. The Kier molecular flexibility index (Phi) is 6.38. The molecule has 1 saturated heterocycles. The Labute approximate surface area is 178 Å². The standard InChI is InChI=1S/C21H21FN2O4S2/c22-18-5-1-15(2-6-18)12-27-19-7-3-16(4-8-19)13-29-21-24-23-20(28-21)11-17-9-10-30(25,26)14-17/h1-8,17H,9-14H2. The number of thioether (sulfide) groups is 1. The van der Waals surface area contributed by atoms with E-state index in [0.29, 0.717) is 36.3 Å². The van der Waals surface area contributed by atoms with Gasteiger partial charge in [0, 0.05) is 12.2 Å². The predicted molar refractivity (Wildman–Crippen MR) is 111 cm³/mol. The molecule has 0 bridgehead atoms. The average Bonchev–Trinajstić information content (AvgIpc) is 3.32. The summed E-state index contributed by atoms with van der Waals surface area (Å²) >= 11 is 1.43. The smallest absolute Gasteiger partial charge is 0.276 e. The van der Waals surface area contributed by atoms with E-state index in [1.165, 1.54) is 23.9 Å². The lowest BCUT2D eigenvalue weighted by Gasteiger charge is -2.07. The van der Waals surface area contributed by atoms with E-state index >= 15 is 0 Å². The van der Waals surface area contributed by atoms with E-state index in [-0.39, 0.29) is 23.2 Å². The van der Waals surface area contributed by atoms with Gasteiger partial charge in [0.2, 0.25) is 5.89 Å². The van der Waals surface area contributed by atoms with Gasteiger partial charge in [-0.3, -0.25) is 0 Å². The van der Waals surface area contributed by atoms with E-state index in [1.54, 1.807) is 12.1 Å². The highest BCUT2D eigenvalue weighted by Crippen LogP contribution is 2.26. The molecule has 3 aromatic rings. The number of aromatic nitrogens is 2. The Morgan fingerprint density at radius 2 is 1.80 bits per heavy atom. The SMILES string of the molecule is O=S1(=O)CCC(Cc2nnc(SCc3ccc(OCc4ccc(F)cc4)cc3)o2)C1. The quantitative estimate of drug-likeness (QED) is 0.481. The van der Waals surface area contributed by atoms with Crippen LogP contribution in [0.15, 0.2) is 58.2 Å². The van der Waals surface area contributed by atoms with Crippen LogP contribution in [0, 0.1) is 11.7 Å². The van der Waals surface area contributed by atoms with Crippen molar-refractivity contribution in [3.8, 4) is 5.75 Å². The van der Waals surface area contributed by atoms with Gasteiger partial charge in [-0.15, -0.1) is 10.2 Å². The number of rotatable bonds is 8. The molecule has 0 radical (unpaired) electrons. The summed E-state index contributed by atoms with van der Waals surface area (Å²) in [6.45, 7) is 0.376. The third kappa shape index (κ3) is 5.82. The van der Waals surface area contributed by atoms with Crippen LogP contribution in [0.25, 0.3) is 0 Å². The second-order valence-corrected chi connectivity index (χ2v) is 10.4. The molecule has 30 heavy (non-hydrogen) atoms. The van der Waals surface area contributed by atoms with Crippen molar-refractivity contribution in [2.24, 2.45) is 5.92 Å². The molecule has 1 aromatic heterocycles. The van der Waals surface area contributed by atoms with Gasteiger partial charge in [-0.2, -0.15) is 0 Å².